The second-order valence-corrected chi connectivity index (χ2v) is 9.66. The molecule has 0 aliphatic heterocycles. The summed E-state index contributed by atoms with van der Waals surface area (Å²) in [5.74, 6) is -7.58. The highest BCUT2D eigenvalue weighted by atomic mass is 16.3. The van der Waals surface area contributed by atoms with Gasteiger partial charge in [-0.1, -0.05) is 6.92 Å². The van der Waals surface area contributed by atoms with Crippen LogP contribution in [0.4, 0.5) is 0 Å². The number of hydrogen-bond acceptors (Lipinski definition) is 9. The summed E-state index contributed by atoms with van der Waals surface area (Å²) in [4.78, 5) is 52.4. The molecule has 0 radical (unpaired) electrons. The van der Waals surface area contributed by atoms with E-state index in [-0.39, 0.29) is 29.5 Å². The standard InChI is InChI=1S/C25H28N2O8/c1-5-10-6-12(9(2)28)19(29)16-13(10)7-11-8-14-18(27(3)4)21(31)17(24(26)34)23(33)25(14,35)22(32)15(11)20(16)30/h6,11,14,18,29-30,33,35H,5,7-8H2,1-4H3,(H2,26,34)/t11-,14-,18-,25-/m0/s1. The molecule has 35 heavy (non-hydrogen) atoms. The van der Waals surface area contributed by atoms with Gasteiger partial charge in [0.25, 0.3) is 5.91 Å². The molecule has 10 heteroatoms. The predicted molar refractivity (Wildman–Crippen MR) is 124 cm³/mol. The molecule has 10 nitrogen and oxygen atoms in total. The zero-order valence-corrected chi connectivity index (χ0v) is 19.9. The molecule has 3 aliphatic rings. The third kappa shape index (κ3) is 3.16. The van der Waals surface area contributed by atoms with Gasteiger partial charge in [0.15, 0.2) is 17.2 Å². The maximum absolute atomic E-state index is 13.8. The minimum absolute atomic E-state index is 0.0132. The van der Waals surface area contributed by atoms with Crippen molar-refractivity contribution in [2.75, 3.05) is 14.1 Å². The van der Waals surface area contributed by atoms with Crippen LogP contribution in [0.3, 0.4) is 0 Å². The number of fused-ring (bicyclic) bond motifs is 3. The van der Waals surface area contributed by atoms with Crippen LogP contribution >= 0.6 is 0 Å². The number of phenolic OH excluding ortho intramolecular Hbond substituents is 1. The third-order valence-corrected chi connectivity index (χ3v) is 7.57. The molecule has 6 N–H and O–H groups in total. The number of aryl methyl sites for hydroxylation is 1. The molecule has 3 aliphatic carbocycles. The first-order valence-electron chi connectivity index (χ1n) is 11.3. The summed E-state index contributed by atoms with van der Waals surface area (Å²) in [5, 5.41) is 44.5. The van der Waals surface area contributed by atoms with Gasteiger partial charge in [-0.25, -0.2) is 0 Å². The number of nitrogens with two attached hydrogens (primary N) is 1. The van der Waals surface area contributed by atoms with E-state index in [4.69, 9.17) is 5.73 Å². The number of hydrogen-bond donors (Lipinski definition) is 5. The van der Waals surface area contributed by atoms with Crippen LogP contribution in [0.2, 0.25) is 0 Å². The van der Waals surface area contributed by atoms with Gasteiger partial charge in [-0.2, -0.15) is 0 Å². The van der Waals surface area contributed by atoms with Gasteiger partial charge >= 0.3 is 0 Å². The number of nitrogens with zero attached hydrogens (tertiary/aromatic N) is 1. The molecule has 1 aromatic carbocycles. The fourth-order valence-electron chi connectivity index (χ4n) is 5.97. The molecule has 0 unspecified atom stereocenters. The van der Waals surface area contributed by atoms with Gasteiger partial charge in [0.2, 0.25) is 5.78 Å². The lowest BCUT2D eigenvalue weighted by molar-refractivity contribution is -0.153. The van der Waals surface area contributed by atoms with E-state index >= 15 is 0 Å². The molecule has 4 atom stereocenters. The van der Waals surface area contributed by atoms with Crippen molar-refractivity contribution in [3.63, 3.8) is 0 Å². The van der Waals surface area contributed by atoms with Gasteiger partial charge in [-0.05, 0) is 63.4 Å². The van der Waals surface area contributed by atoms with Crippen molar-refractivity contribution in [2.24, 2.45) is 17.6 Å². The number of primary amides is 1. The lowest BCUT2D eigenvalue weighted by Gasteiger charge is -2.50. The number of ketones is 3. The highest BCUT2D eigenvalue weighted by Crippen LogP contribution is 2.53. The Hall–Kier alpha value is -3.50. The van der Waals surface area contributed by atoms with E-state index in [1.54, 1.807) is 20.2 Å². The summed E-state index contributed by atoms with van der Waals surface area (Å²) in [5.41, 5.74) is 2.73. The van der Waals surface area contributed by atoms with Gasteiger partial charge in [0.05, 0.1) is 17.2 Å². The van der Waals surface area contributed by atoms with Crippen LogP contribution in [0.25, 0.3) is 5.76 Å². The third-order valence-electron chi connectivity index (χ3n) is 7.57. The SMILES string of the molecule is CCc1cc(C(C)=O)c(O)c2c1C[C@H]1C[C@H]3[C@H](N(C)C)C(=O)C(C(N)=O)=C(O)[C@@]3(O)C(=O)C1=C2O. The second-order valence-electron chi connectivity index (χ2n) is 9.66. The largest absolute Gasteiger partial charge is 0.508 e. The Morgan fingerprint density at radius 3 is 2.34 bits per heavy atom. The van der Waals surface area contributed by atoms with E-state index in [2.05, 4.69) is 0 Å². The second kappa shape index (κ2) is 8.03. The van der Waals surface area contributed by atoms with Gasteiger partial charge in [-0.3, -0.25) is 24.1 Å². The molecule has 0 heterocycles. The van der Waals surface area contributed by atoms with E-state index in [0.717, 1.165) is 0 Å². The molecule has 4 rings (SSSR count). The van der Waals surface area contributed by atoms with Crippen molar-refractivity contribution in [2.45, 2.75) is 44.8 Å². The summed E-state index contributed by atoms with van der Waals surface area (Å²) >= 11 is 0. The van der Waals surface area contributed by atoms with E-state index in [1.807, 2.05) is 6.92 Å². The maximum atomic E-state index is 13.8. The number of carbonyl (C=O) groups is 4. The van der Waals surface area contributed by atoms with Gasteiger partial charge in [0.1, 0.15) is 22.8 Å². The first-order valence-corrected chi connectivity index (χ1v) is 11.3. The average Bonchev–Trinajstić information content (AvgIpc) is 2.75. The summed E-state index contributed by atoms with van der Waals surface area (Å²) in [6.45, 7) is 3.12. The van der Waals surface area contributed by atoms with Crippen LogP contribution in [0.1, 0.15) is 47.3 Å². The molecule has 0 aromatic heterocycles. The lowest BCUT2D eigenvalue weighted by atomic mass is 9.57. The number of aliphatic hydroxyl groups excluding tert-OH is 2. The van der Waals surface area contributed by atoms with Crippen LogP contribution in [-0.2, 0) is 27.2 Å². The Balaban J connectivity index is 2.02. The van der Waals surface area contributed by atoms with Crippen molar-refractivity contribution in [3.8, 4) is 5.75 Å². The Bertz CT molecular complexity index is 1270. The minimum atomic E-state index is -2.69. The van der Waals surface area contributed by atoms with E-state index in [9.17, 15) is 39.6 Å². The van der Waals surface area contributed by atoms with Crippen molar-refractivity contribution in [1.82, 2.24) is 4.90 Å². The maximum Gasteiger partial charge on any atom is 0.255 e. The quantitative estimate of drug-likeness (QED) is 0.304. The van der Waals surface area contributed by atoms with Crippen LogP contribution < -0.4 is 5.73 Å². The number of likely N-dealkylation sites (N-methyl/N-ethyl adjacent to an activating group) is 1. The van der Waals surface area contributed by atoms with Crippen LogP contribution in [0.5, 0.6) is 5.75 Å². The van der Waals surface area contributed by atoms with Crippen molar-refractivity contribution >= 4 is 29.0 Å². The highest BCUT2D eigenvalue weighted by molar-refractivity contribution is 6.24. The van der Waals surface area contributed by atoms with E-state index in [0.29, 0.717) is 17.5 Å². The monoisotopic (exact) mass is 484 g/mol. The van der Waals surface area contributed by atoms with Gasteiger partial charge < -0.3 is 26.2 Å². The number of carbonyl (C=O) groups excluding carboxylic acids is 4. The zero-order valence-electron chi connectivity index (χ0n) is 19.9. The minimum Gasteiger partial charge on any atom is -0.508 e. The number of rotatable bonds is 4. The number of phenols is 1. The molecule has 186 valence electrons. The fourth-order valence-corrected chi connectivity index (χ4v) is 5.97. The molecule has 1 saturated carbocycles. The molecule has 0 spiro atoms. The highest BCUT2D eigenvalue weighted by Gasteiger charge is 2.64. The van der Waals surface area contributed by atoms with Crippen molar-refractivity contribution in [1.29, 1.82) is 0 Å². The molecular formula is C25H28N2O8. The average molecular weight is 485 g/mol. The summed E-state index contributed by atoms with van der Waals surface area (Å²) < 4.78 is 0. The van der Waals surface area contributed by atoms with Gasteiger partial charge in [-0.15, -0.1) is 0 Å². The molecule has 0 saturated heterocycles. The van der Waals surface area contributed by atoms with Crippen LogP contribution in [-0.4, -0.2) is 74.3 Å². The number of Topliss-reactive ketones (excluding diaryl/α,β-unsaturated/α-hetero) is 3. The fraction of sp³-hybridized carbons (Fsp3) is 0.440. The first-order chi connectivity index (χ1) is 16.3. The Morgan fingerprint density at radius 1 is 1.20 bits per heavy atom. The Kier molecular flexibility index (Phi) is 5.65. The van der Waals surface area contributed by atoms with Crippen molar-refractivity contribution in [3.05, 3.63) is 45.2 Å². The predicted octanol–water partition coefficient (Wildman–Crippen LogP) is 0.729. The Labute approximate surface area is 201 Å². The van der Waals surface area contributed by atoms with E-state index in [1.165, 1.54) is 11.8 Å². The number of aromatic hydroxyl groups is 1. The Morgan fingerprint density at radius 2 is 1.83 bits per heavy atom. The summed E-state index contributed by atoms with van der Waals surface area (Å²) in [6.07, 6.45) is 0.706. The molecule has 1 amide bonds. The van der Waals surface area contributed by atoms with Crippen LogP contribution in [0.15, 0.2) is 23.0 Å². The summed E-state index contributed by atoms with van der Waals surface area (Å²) in [7, 11) is 3.09. The van der Waals surface area contributed by atoms with E-state index < -0.39 is 69.6 Å². The summed E-state index contributed by atoms with van der Waals surface area (Å²) in [6, 6.07) is 0.433. The number of aliphatic hydroxyl groups is 3. The normalized spacial score (nSPS) is 28.1. The number of amides is 1. The van der Waals surface area contributed by atoms with Crippen LogP contribution in [0, 0.1) is 11.8 Å². The molecular weight excluding hydrogens is 456 g/mol. The molecule has 0 bridgehead atoms. The smallest absolute Gasteiger partial charge is 0.255 e. The molecule has 1 fully saturated rings. The first kappa shape index (κ1) is 24.6. The molecule has 1 aromatic rings. The van der Waals surface area contributed by atoms with Crippen molar-refractivity contribution < 1.29 is 39.6 Å². The number of benzene rings is 1. The topological polar surface area (TPSA) is 178 Å². The lowest BCUT2D eigenvalue weighted by Crippen LogP contribution is -2.65. The van der Waals surface area contributed by atoms with Gasteiger partial charge in [0, 0.05) is 11.5 Å². The zero-order chi connectivity index (χ0) is 26.1.